The monoisotopic (exact) mass is 546 g/mol. The first-order chi connectivity index (χ1) is 16.7. The molecule has 1 aliphatic carbocycles. The van der Waals surface area contributed by atoms with Crippen molar-refractivity contribution in [3.05, 3.63) is 58.4 Å². The van der Waals surface area contributed by atoms with Crippen LogP contribution in [-0.4, -0.2) is 37.3 Å². The lowest BCUT2D eigenvalue weighted by Crippen LogP contribution is -2.42. The van der Waals surface area contributed by atoms with Gasteiger partial charge in [-0.1, -0.05) is 11.6 Å². The number of rotatable bonds is 5. The Morgan fingerprint density at radius 1 is 1.00 bits per heavy atom. The number of nitrogens with one attached hydrogen (secondary N) is 2. The molecule has 0 bridgehead atoms. The van der Waals surface area contributed by atoms with Crippen LogP contribution in [0.25, 0.3) is 0 Å². The molecule has 2 aromatic rings. The average molecular weight is 547 g/mol. The molecular weight excluding hydrogens is 521 g/mol. The zero-order valence-electron chi connectivity index (χ0n) is 19.8. The van der Waals surface area contributed by atoms with Gasteiger partial charge in [0.05, 0.1) is 15.2 Å². The Bertz CT molecular complexity index is 1250. The number of anilines is 1. The van der Waals surface area contributed by atoms with Crippen LogP contribution < -0.4 is 10.6 Å². The normalized spacial score (nSPS) is 18.4. The smallest absolute Gasteiger partial charge is 0.407 e. The summed E-state index contributed by atoms with van der Waals surface area (Å²) in [4.78, 5) is 24.3. The van der Waals surface area contributed by atoms with Crippen LogP contribution in [0, 0.1) is 17.5 Å². The number of benzene rings is 2. The Labute approximate surface area is 212 Å². The van der Waals surface area contributed by atoms with E-state index in [9.17, 15) is 31.2 Å². The van der Waals surface area contributed by atoms with Gasteiger partial charge in [0.15, 0.2) is 27.3 Å². The predicted octanol–water partition coefficient (Wildman–Crippen LogP) is 5.62. The molecule has 0 saturated heterocycles. The highest BCUT2D eigenvalue weighted by Crippen LogP contribution is 2.33. The van der Waals surface area contributed by atoms with Gasteiger partial charge in [-0.15, -0.1) is 0 Å². The Balaban J connectivity index is 1.72. The fraction of sp³-hybridized carbons (Fsp3) is 0.417. The third-order valence-electron chi connectivity index (χ3n) is 5.58. The Hall–Kier alpha value is -2.79. The lowest BCUT2D eigenvalue weighted by molar-refractivity contribution is 0.0493. The largest absolute Gasteiger partial charge is 0.444 e. The van der Waals surface area contributed by atoms with E-state index in [1.54, 1.807) is 20.8 Å². The van der Waals surface area contributed by atoms with Gasteiger partial charge >= 0.3 is 6.09 Å². The van der Waals surface area contributed by atoms with Gasteiger partial charge in [-0.2, -0.15) is 0 Å². The number of alkyl carbamates (subject to hydrolysis) is 1. The van der Waals surface area contributed by atoms with Crippen molar-refractivity contribution >= 4 is 39.1 Å². The van der Waals surface area contributed by atoms with Crippen molar-refractivity contribution in [3.63, 3.8) is 0 Å². The first kappa shape index (κ1) is 27.8. The summed E-state index contributed by atoms with van der Waals surface area (Å²) in [6.45, 7) is 5.22. The van der Waals surface area contributed by atoms with Crippen molar-refractivity contribution in [1.82, 2.24) is 5.32 Å². The average Bonchev–Trinajstić information content (AvgIpc) is 2.76. The van der Waals surface area contributed by atoms with E-state index in [4.69, 9.17) is 16.3 Å². The quantitative estimate of drug-likeness (QED) is 0.474. The Morgan fingerprint density at radius 3 is 2.14 bits per heavy atom. The van der Waals surface area contributed by atoms with Crippen molar-refractivity contribution in [2.75, 3.05) is 5.32 Å². The second kappa shape index (κ2) is 10.7. The van der Waals surface area contributed by atoms with Gasteiger partial charge in [0, 0.05) is 29.4 Å². The third-order valence-corrected chi connectivity index (χ3v) is 8.32. The van der Waals surface area contributed by atoms with Crippen molar-refractivity contribution < 1.29 is 35.9 Å². The van der Waals surface area contributed by atoms with Gasteiger partial charge in [0.2, 0.25) is 0 Å². The standard InChI is InChI=1S/C24H26ClF3N2O5S/c1-24(2,3)35-23(32)30-14-5-7-16(8-6-14)36(33,34)20-10-13(4-9-17(20)25)22(31)29-15-11-18(26)21(28)19(27)12-15/h4,9-12,14,16H,5-8H2,1-3H3,(H,29,31)(H,30,32). The van der Waals surface area contributed by atoms with E-state index >= 15 is 0 Å². The minimum absolute atomic E-state index is 0.0839. The summed E-state index contributed by atoms with van der Waals surface area (Å²) in [6.07, 6.45) is 0.745. The first-order valence-electron chi connectivity index (χ1n) is 11.2. The highest BCUT2D eigenvalue weighted by Gasteiger charge is 2.34. The van der Waals surface area contributed by atoms with Crippen molar-refractivity contribution in [1.29, 1.82) is 0 Å². The molecule has 0 atom stereocenters. The summed E-state index contributed by atoms with van der Waals surface area (Å²) in [5.41, 5.74) is -1.12. The maximum atomic E-state index is 13.4. The molecule has 1 saturated carbocycles. The van der Waals surface area contributed by atoms with Crippen molar-refractivity contribution in [2.24, 2.45) is 0 Å². The molecule has 1 aliphatic rings. The van der Waals surface area contributed by atoms with Crippen LogP contribution in [0.1, 0.15) is 56.8 Å². The molecule has 0 aliphatic heterocycles. The molecule has 0 radical (unpaired) electrons. The fourth-order valence-corrected chi connectivity index (χ4v) is 6.19. The van der Waals surface area contributed by atoms with Crippen LogP contribution in [0.4, 0.5) is 23.7 Å². The number of amides is 2. The van der Waals surface area contributed by atoms with Crippen LogP contribution in [0.3, 0.4) is 0 Å². The number of carbonyl (C=O) groups excluding carboxylic acids is 2. The topological polar surface area (TPSA) is 102 Å². The number of halogens is 4. The Morgan fingerprint density at radius 2 is 1.58 bits per heavy atom. The van der Waals surface area contributed by atoms with E-state index in [1.165, 1.54) is 12.1 Å². The van der Waals surface area contributed by atoms with E-state index in [0.29, 0.717) is 25.0 Å². The van der Waals surface area contributed by atoms with Crippen molar-refractivity contribution in [3.8, 4) is 0 Å². The number of carbonyl (C=O) groups is 2. The summed E-state index contributed by atoms with van der Waals surface area (Å²) < 4.78 is 71.9. The number of hydrogen-bond acceptors (Lipinski definition) is 5. The maximum absolute atomic E-state index is 13.4. The SMILES string of the molecule is CC(C)(C)OC(=O)NC1CCC(S(=O)(=O)c2cc(C(=O)Nc3cc(F)c(F)c(F)c3)ccc2Cl)CC1. The van der Waals surface area contributed by atoms with Crippen molar-refractivity contribution in [2.45, 2.75) is 68.2 Å². The summed E-state index contributed by atoms with van der Waals surface area (Å²) >= 11 is 6.16. The van der Waals surface area contributed by atoms with Crippen LogP contribution in [0.2, 0.25) is 5.02 Å². The lowest BCUT2D eigenvalue weighted by Gasteiger charge is -2.30. The van der Waals surface area contributed by atoms with E-state index in [-0.39, 0.29) is 40.1 Å². The summed E-state index contributed by atoms with van der Waals surface area (Å²) in [7, 11) is -3.95. The second-order valence-electron chi connectivity index (χ2n) is 9.52. The van der Waals surface area contributed by atoms with Gasteiger partial charge in [0.1, 0.15) is 5.60 Å². The molecule has 196 valence electrons. The molecular formula is C24H26ClF3N2O5S. The lowest BCUT2D eigenvalue weighted by atomic mass is 9.95. The molecule has 0 spiro atoms. The Kier molecular flexibility index (Phi) is 8.24. The molecule has 0 aromatic heterocycles. The molecule has 2 aromatic carbocycles. The summed E-state index contributed by atoms with van der Waals surface area (Å²) in [5.74, 6) is -5.51. The summed E-state index contributed by atoms with van der Waals surface area (Å²) in [6, 6.07) is 4.56. The minimum Gasteiger partial charge on any atom is -0.444 e. The molecule has 2 N–H and O–H groups in total. The molecule has 0 heterocycles. The van der Waals surface area contributed by atoms with Crippen LogP contribution >= 0.6 is 11.6 Å². The first-order valence-corrected chi connectivity index (χ1v) is 13.1. The van der Waals surface area contributed by atoms with E-state index < -0.39 is 50.1 Å². The van der Waals surface area contributed by atoms with Crippen LogP contribution in [0.5, 0.6) is 0 Å². The molecule has 12 heteroatoms. The van der Waals surface area contributed by atoms with Gasteiger partial charge in [0.25, 0.3) is 5.91 Å². The number of sulfone groups is 1. The molecule has 3 rings (SSSR count). The zero-order valence-corrected chi connectivity index (χ0v) is 21.4. The summed E-state index contributed by atoms with van der Waals surface area (Å²) in [5, 5.41) is 4.08. The van der Waals surface area contributed by atoms with Crippen LogP contribution in [0.15, 0.2) is 35.2 Å². The predicted molar refractivity (Wildman–Crippen MR) is 128 cm³/mol. The maximum Gasteiger partial charge on any atom is 0.407 e. The van der Waals surface area contributed by atoms with E-state index in [2.05, 4.69) is 10.6 Å². The van der Waals surface area contributed by atoms with Gasteiger partial charge in [-0.25, -0.2) is 26.4 Å². The minimum atomic E-state index is -3.95. The van der Waals surface area contributed by atoms with E-state index in [0.717, 1.165) is 6.07 Å². The molecule has 2 amide bonds. The van der Waals surface area contributed by atoms with Gasteiger partial charge < -0.3 is 15.4 Å². The van der Waals surface area contributed by atoms with Gasteiger partial charge in [-0.3, -0.25) is 4.79 Å². The number of ether oxygens (including phenoxy) is 1. The highest BCUT2D eigenvalue weighted by molar-refractivity contribution is 7.92. The highest BCUT2D eigenvalue weighted by atomic mass is 35.5. The molecule has 1 fully saturated rings. The molecule has 0 unspecified atom stereocenters. The molecule has 36 heavy (non-hydrogen) atoms. The van der Waals surface area contributed by atoms with Crippen LogP contribution in [-0.2, 0) is 14.6 Å². The third kappa shape index (κ3) is 6.70. The number of hydrogen-bond donors (Lipinski definition) is 2. The van der Waals surface area contributed by atoms with E-state index in [1.807, 2.05) is 0 Å². The fourth-order valence-electron chi connectivity index (χ4n) is 3.86. The second-order valence-corrected chi connectivity index (χ2v) is 12.1. The zero-order chi connectivity index (χ0) is 26.8. The van der Waals surface area contributed by atoms with Gasteiger partial charge in [-0.05, 0) is 64.7 Å². The molecule has 7 nitrogen and oxygen atoms in total.